The van der Waals surface area contributed by atoms with Crippen LogP contribution in [-0.2, 0) is 11.3 Å². The number of carboxylic acid groups (broad SMARTS) is 1. The van der Waals surface area contributed by atoms with Crippen molar-refractivity contribution in [1.82, 2.24) is 9.55 Å². The van der Waals surface area contributed by atoms with Crippen LogP contribution in [0.5, 0.6) is 0 Å². The summed E-state index contributed by atoms with van der Waals surface area (Å²) in [4.78, 5) is 15.4. The van der Waals surface area contributed by atoms with Gasteiger partial charge in [-0.15, -0.1) is 0 Å². The highest BCUT2D eigenvalue weighted by Crippen LogP contribution is 2.28. The van der Waals surface area contributed by atoms with Crippen molar-refractivity contribution < 1.29 is 14.3 Å². The molecule has 0 fully saturated rings. The molecule has 1 N–H and O–H groups in total. The van der Waals surface area contributed by atoms with E-state index < -0.39 is 5.97 Å². The smallest absolute Gasteiger partial charge is 0.305 e. The Morgan fingerprint density at radius 3 is 2.85 bits per heavy atom. The maximum atomic E-state index is 10.8. The molecule has 20 heavy (non-hydrogen) atoms. The van der Waals surface area contributed by atoms with Gasteiger partial charge in [0.1, 0.15) is 11.6 Å². The van der Waals surface area contributed by atoms with Crippen molar-refractivity contribution >= 4 is 17.0 Å². The van der Waals surface area contributed by atoms with Crippen molar-refractivity contribution in [3.8, 4) is 11.4 Å². The predicted molar refractivity (Wildman–Crippen MR) is 74.4 cm³/mol. The molecule has 0 spiro atoms. The number of nitrogens with zero attached hydrogens (tertiary/aromatic N) is 2. The average molecular weight is 270 g/mol. The molecular formula is C15H14N2O3. The third kappa shape index (κ3) is 2.07. The minimum absolute atomic E-state index is 0.0598. The number of aromatic nitrogens is 2. The number of furan rings is 1. The van der Waals surface area contributed by atoms with E-state index in [9.17, 15) is 4.79 Å². The molecule has 0 aliphatic carbocycles. The zero-order valence-corrected chi connectivity index (χ0v) is 11.0. The van der Waals surface area contributed by atoms with Crippen LogP contribution in [0.1, 0.15) is 12.2 Å². The Labute approximate surface area is 115 Å². The molecule has 3 rings (SSSR count). The molecule has 0 bridgehead atoms. The second-order valence-electron chi connectivity index (χ2n) is 4.61. The van der Waals surface area contributed by atoms with Crippen molar-refractivity contribution in [2.75, 3.05) is 0 Å². The summed E-state index contributed by atoms with van der Waals surface area (Å²) < 4.78 is 7.26. The molecule has 0 atom stereocenters. The van der Waals surface area contributed by atoms with Crippen LogP contribution < -0.4 is 0 Å². The largest absolute Gasteiger partial charge is 0.481 e. The SMILES string of the molecule is Cc1occc1-c1nc2ccccc2n1CCC(=O)O. The van der Waals surface area contributed by atoms with Gasteiger partial charge in [0.05, 0.1) is 29.3 Å². The number of benzene rings is 1. The topological polar surface area (TPSA) is 68.3 Å². The monoisotopic (exact) mass is 270 g/mol. The minimum atomic E-state index is -0.822. The number of rotatable bonds is 4. The van der Waals surface area contributed by atoms with Crippen LogP contribution in [0.3, 0.4) is 0 Å². The second kappa shape index (κ2) is 4.85. The Balaban J connectivity index is 2.17. The van der Waals surface area contributed by atoms with E-state index in [-0.39, 0.29) is 6.42 Å². The molecule has 0 saturated carbocycles. The van der Waals surface area contributed by atoms with Crippen molar-refractivity contribution in [3.05, 3.63) is 42.4 Å². The number of imidazole rings is 1. The van der Waals surface area contributed by atoms with Crippen LogP contribution in [0.25, 0.3) is 22.4 Å². The number of para-hydroxylation sites is 2. The molecule has 3 aromatic rings. The van der Waals surface area contributed by atoms with Crippen molar-refractivity contribution in [1.29, 1.82) is 0 Å². The van der Waals surface area contributed by atoms with Crippen molar-refractivity contribution in [3.63, 3.8) is 0 Å². The number of aliphatic carboxylic acids is 1. The lowest BCUT2D eigenvalue weighted by Crippen LogP contribution is -2.06. The molecule has 2 aromatic heterocycles. The van der Waals surface area contributed by atoms with E-state index in [2.05, 4.69) is 4.98 Å². The fourth-order valence-electron chi connectivity index (χ4n) is 2.33. The number of hydrogen-bond acceptors (Lipinski definition) is 3. The van der Waals surface area contributed by atoms with Gasteiger partial charge in [0.15, 0.2) is 0 Å². The summed E-state index contributed by atoms with van der Waals surface area (Å²) in [5, 5.41) is 8.91. The summed E-state index contributed by atoms with van der Waals surface area (Å²) >= 11 is 0. The summed E-state index contributed by atoms with van der Waals surface area (Å²) in [6.07, 6.45) is 1.68. The summed E-state index contributed by atoms with van der Waals surface area (Å²) in [6.45, 7) is 2.26. The Kier molecular flexibility index (Phi) is 3.02. The fourth-order valence-corrected chi connectivity index (χ4v) is 2.33. The zero-order chi connectivity index (χ0) is 14.1. The van der Waals surface area contributed by atoms with Gasteiger partial charge in [-0.2, -0.15) is 0 Å². The predicted octanol–water partition coefficient (Wildman–Crippen LogP) is 3.08. The fraction of sp³-hybridized carbons (Fsp3) is 0.200. The summed E-state index contributed by atoms with van der Waals surface area (Å²) in [6, 6.07) is 9.57. The standard InChI is InChI=1S/C15H14N2O3/c1-10-11(7-9-20-10)15-16-12-4-2-3-5-13(12)17(15)8-6-14(18)19/h2-5,7,9H,6,8H2,1H3,(H,18,19). The Morgan fingerprint density at radius 2 is 2.15 bits per heavy atom. The first-order valence-corrected chi connectivity index (χ1v) is 6.38. The quantitative estimate of drug-likeness (QED) is 0.791. The van der Waals surface area contributed by atoms with E-state index in [4.69, 9.17) is 9.52 Å². The highest BCUT2D eigenvalue weighted by atomic mass is 16.4. The van der Waals surface area contributed by atoms with E-state index in [1.165, 1.54) is 0 Å². The van der Waals surface area contributed by atoms with Crippen LogP contribution in [0, 0.1) is 6.92 Å². The first kappa shape index (κ1) is 12.5. The number of carboxylic acids is 1. The van der Waals surface area contributed by atoms with Gasteiger partial charge < -0.3 is 14.1 Å². The average Bonchev–Trinajstić information content (AvgIpc) is 2.99. The molecule has 2 heterocycles. The third-order valence-electron chi connectivity index (χ3n) is 3.30. The maximum Gasteiger partial charge on any atom is 0.305 e. The summed E-state index contributed by atoms with van der Waals surface area (Å²) in [5.74, 6) is 0.702. The van der Waals surface area contributed by atoms with Crippen LogP contribution in [-0.4, -0.2) is 20.6 Å². The zero-order valence-electron chi connectivity index (χ0n) is 11.0. The van der Waals surface area contributed by atoms with E-state index in [0.717, 1.165) is 28.2 Å². The normalized spacial score (nSPS) is 11.1. The molecule has 5 heteroatoms. The Hall–Kier alpha value is -2.56. The highest BCUT2D eigenvalue weighted by molar-refractivity contribution is 5.81. The second-order valence-corrected chi connectivity index (χ2v) is 4.61. The van der Waals surface area contributed by atoms with Crippen molar-refractivity contribution in [2.45, 2.75) is 19.9 Å². The molecule has 0 saturated heterocycles. The van der Waals surface area contributed by atoms with Crippen LogP contribution >= 0.6 is 0 Å². The van der Waals surface area contributed by atoms with Gasteiger partial charge in [-0.25, -0.2) is 4.98 Å². The van der Waals surface area contributed by atoms with Gasteiger partial charge in [0.25, 0.3) is 0 Å². The number of fused-ring (bicyclic) bond motifs is 1. The molecule has 102 valence electrons. The van der Waals surface area contributed by atoms with Gasteiger partial charge in [-0.1, -0.05) is 12.1 Å². The van der Waals surface area contributed by atoms with Gasteiger partial charge in [0, 0.05) is 6.54 Å². The number of hydrogen-bond donors (Lipinski definition) is 1. The van der Waals surface area contributed by atoms with Crippen LogP contribution in [0.15, 0.2) is 41.0 Å². The highest BCUT2D eigenvalue weighted by Gasteiger charge is 2.16. The lowest BCUT2D eigenvalue weighted by Gasteiger charge is -2.06. The molecule has 0 aliphatic heterocycles. The lowest BCUT2D eigenvalue weighted by atomic mass is 10.2. The molecular weight excluding hydrogens is 256 g/mol. The summed E-state index contributed by atoms with van der Waals surface area (Å²) in [5.41, 5.74) is 2.68. The van der Waals surface area contributed by atoms with Gasteiger partial charge in [0.2, 0.25) is 0 Å². The minimum Gasteiger partial charge on any atom is -0.481 e. The van der Waals surface area contributed by atoms with Crippen LogP contribution in [0.4, 0.5) is 0 Å². The van der Waals surface area contributed by atoms with Crippen LogP contribution in [0.2, 0.25) is 0 Å². The lowest BCUT2D eigenvalue weighted by molar-refractivity contribution is -0.137. The Bertz CT molecular complexity index is 770. The number of carbonyl (C=O) groups is 1. The molecule has 1 aromatic carbocycles. The number of aryl methyl sites for hydroxylation is 2. The van der Waals surface area contributed by atoms with E-state index in [1.54, 1.807) is 6.26 Å². The molecule has 0 aliphatic rings. The molecule has 0 unspecified atom stereocenters. The van der Waals surface area contributed by atoms with Gasteiger partial charge in [-0.05, 0) is 25.1 Å². The third-order valence-corrected chi connectivity index (χ3v) is 3.30. The molecule has 0 radical (unpaired) electrons. The van der Waals surface area contributed by atoms with Gasteiger partial charge >= 0.3 is 5.97 Å². The molecule has 0 amide bonds. The first-order chi connectivity index (χ1) is 9.66. The van der Waals surface area contributed by atoms with E-state index >= 15 is 0 Å². The maximum absolute atomic E-state index is 10.8. The van der Waals surface area contributed by atoms with E-state index in [0.29, 0.717) is 6.54 Å². The Morgan fingerprint density at radius 1 is 1.35 bits per heavy atom. The molecule has 5 nitrogen and oxygen atoms in total. The van der Waals surface area contributed by atoms with Crippen molar-refractivity contribution in [2.24, 2.45) is 0 Å². The summed E-state index contributed by atoms with van der Waals surface area (Å²) in [7, 11) is 0. The van der Waals surface area contributed by atoms with Gasteiger partial charge in [-0.3, -0.25) is 4.79 Å². The first-order valence-electron chi connectivity index (χ1n) is 6.38. The van der Waals surface area contributed by atoms with E-state index in [1.807, 2.05) is 41.8 Å².